The average Bonchev–Trinajstić information content (AvgIpc) is 2.69. The number of nitrogens with zero attached hydrogens (tertiary/aromatic N) is 2. The van der Waals surface area contributed by atoms with Crippen LogP contribution in [0.2, 0.25) is 0 Å². The molecule has 0 unspecified atom stereocenters. The van der Waals surface area contributed by atoms with Crippen molar-refractivity contribution in [1.82, 2.24) is 10.2 Å². The molecule has 0 bridgehead atoms. The first-order valence-corrected chi connectivity index (χ1v) is 10.6. The van der Waals surface area contributed by atoms with Crippen molar-refractivity contribution in [3.63, 3.8) is 0 Å². The van der Waals surface area contributed by atoms with E-state index in [2.05, 4.69) is 22.5 Å². The number of carbonyl (C=O) groups is 2. The van der Waals surface area contributed by atoms with E-state index in [0.29, 0.717) is 11.3 Å². The molecule has 1 saturated carbocycles. The van der Waals surface area contributed by atoms with E-state index in [1.54, 1.807) is 14.1 Å². The van der Waals surface area contributed by atoms with Gasteiger partial charge in [0.1, 0.15) is 0 Å². The van der Waals surface area contributed by atoms with Gasteiger partial charge in [-0.15, -0.1) is 0 Å². The summed E-state index contributed by atoms with van der Waals surface area (Å²) in [6, 6.07) is 5.77. The fraction of sp³-hybridized carbons (Fsp3) is 0.636. The number of benzene rings is 1. The van der Waals surface area contributed by atoms with E-state index < -0.39 is 0 Å². The van der Waals surface area contributed by atoms with E-state index in [1.165, 1.54) is 24.2 Å². The SMILES string of the molecule is CC1CCN(c2ccc(NC(=O)N(C)C)cc2C(=O)NC2CCCCC2)CC1. The van der Waals surface area contributed by atoms with E-state index in [4.69, 9.17) is 0 Å². The molecule has 1 aliphatic heterocycles. The highest BCUT2D eigenvalue weighted by Gasteiger charge is 2.24. The fourth-order valence-corrected chi connectivity index (χ4v) is 4.07. The summed E-state index contributed by atoms with van der Waals surface area (Å²) < 4.78 is 0. The molecule has 6 heteroatoms. The van der Waals surface area contributed by atoms with Crippen molar-refractivity contribution in [1.29, 1.82) is 0 Å². The molecule has 2 N–H and O–H groups in total. The Balaban J connectivity index is 1.83. The standard InChI is InChI=1S/C22H34N4O2/c1-16-11-13-26(14-12-16)20-10-9-18(24-22(28)25(2)3)15-19(20)21(27)23-17-7-5-4-6-8-17/h9-10,15-17H,4-8,11-14H2,1-3H3,(H,23,27)(H,24,28). The monoisotopic (exact) mass is 386 g/mol. The molecule has 0 atom stereocenters. The van der Waals surface area contributed by atoms with Crippen LogP contribution in [-0.4, -0.2) is 50.1 Å². The summed E-state index contributed by atoms with van der Waals surface area (Å²) in [5.41, 5.74) is 2.29. The van der Waals surface area contributed by atoms with Crippen LogP contribution in [0.1, 0.15) is 62.2 Å². The number of hydrogen-bond donors (Lipinski definition) is 2. The zero-order chi connectivity index (χ0) is 20.1. The van der Waals surface area contributed by atoms with Crippen LogP contribution in [-0.2, 0) is 0 Å². The molecular weight excluding hydrogens is 352 g/mol. The second-order valence-corrected chi connectivity index (χ2v) is 8.53. The Morgan fingerprint density at radius 2 is 1.71 bits per heavy atom. The lowest BCUT2D eigenvalue weighted by atomic mass is 9.95. The first-order valence-electron chi connectivity index (χ1n) is 10.6. The van der Waals surface area contributed by atoms with E-state index in [-0.39, 0.29) is 18.0 Å². The van der Waals surface area contributed by atoms with Crippen LogP contribution in [0.4, 0.5) is 16.2 Å². The van der Waals surface area contributed by atoms with Gasteiger partial charge < -0.3 is 20.4 Å². The van der Waals surface area contributed by atoms with Crippen molar-refractivity contribution < 1.29 is 9.59 Å². The number of amides is 3. The van der Waals surface area contributed by atoms with Crippen LogP contribution in [0.15, 0.2) is 18.2 Å². The molecule has 0 radical (unpaired) electrons. The molecule has 6 nitrogen and oxygen atoms in total. The van der Waals surface area contributed by atoms with Crippen LogP contribution >= 0.6 is 0 Å². The lowest BCUT2D eigenvalue weighted by Gasteiger charge is -2.34. The first kappa shape index (κ1) is 20.5. The van der Waals surface area contributed by atoms with Gasteiger partial charge in [-0.1, -0.05) is 26.2 Å². The number of nitrogens with one attached hydrogen (secondary N) is 2. The lowest BCUT2D eigenvalue weighted by molar-refractivity contribution is 0.0928. The number of carbonyl (C=O) groups excluding carboxylic acids is 2. The third kappa shape index (κ3) is 5.18. The van der Waals surface area contributed by atoms with Crippen molar-refractivity contribution in [3.8, 4) is 0 Å². The smallest absolute Gasteiger partial charge is 0.321 e. The van der Waals surface area contributed by atoms with Crippen LogP contribution in [0.3, 0.4) is 0 Å². The maximum atomic E-state index is 13.2. The highest BCUT2D eigenvalue weighted by Crippen LogP contribution is 2.29. The third-order valence-electron chi connectivity index (χ3n) is 5.96. The molecule has 2 aliphatic rings. The molecule has 1 aromatic carbocycles. The van der Waals surface area contributed by atoms with Gasteiger partial charge in [0.2, 0.25) is 0 Å². The van der Waals surface area contributed by atoms with Gasteiger partial charge in [-0.3, -0.25) is 4.79 Å². The maximum absolute atomic E-state index is 13.2. The van der Waals surface area contributed by atoms with Gasteiger partial charge >= 0.3 is 6.03 Å². The number of piperidine rings is 1. The normalized spacial score (nSPS) is 18.6. The van der Waals surface area contributed by atoms with E-state index in [9.17, 15) is 9.59 Å². The van der Waals surface area contributed by atoms with E-state index >= 15 is 0 Å². The Morgan fingerprint density at radius 3 is 2.36 bits per heavy atom. The van der Waals surface area contributed by atoms with Crippen LogP contribution in [0.5, 0.6) is 0 Å². The average molecular weight is 387 g/mol. The quantitative estimate of drug-likeness (QED) is 0.819. The molecule has 3 rings (SSSR count). The topological polar surface area (TPSA) is 64.7 Å². The molecule has 1 saturated heterocycles. The predicted molar refractivity (Wildman–Crippen MR) is 114 cm³/mol. The molecule has 154 valence electrons. The molecule has 3 amide bonds. The molecule has 1 aliphatic carbocycles. The summed E-state index contributed by atoms with van der Waals surface area (Å²) in [5, 5.41) is 6.10. The van der Waals surface area contributed by atoms with Crippen molar-refractivity contribution in [2.75, 3.05) is 37.4 Å². The lowest BCUT2D eigenvalue weighted by Crippen LogP contribution is -2.38. The van der Waals surface area contributed by atoms with Crippen molar-refractivity contribution in [2.24, 2.45) is 5.92 Å². The molecule has 1 aromatic rings. The van der Waals surface area contributed by atoms with Gasteiger partial charge in [0.05, 0.1) is 5.56 Å². The second kappa shape index (κ2) is 9.30. The zero-order valence-corrected chi connectivity index (χ0v) is 17.5. The molecule has 0 spiro atoms. The maximum Gasteiger partial charge on any atom is 0.321 e. The highest BCUT2D eigenvalue weighted by molar-refractivity contribution is 6.02. The summed E-state index contributed by atoms with van der Waals surface area (Å²) >= 11 is 0. The number of anilines is 2. The summed E-state index contributed by atoms with van der Waals surface area (Å²) in [4.78, 5) is 29.0. The second-order valence-electron chi connectivity index (χ2n) is 8.53. The molecular formula is C22H34N4O2. The van der Waals surface area contributed by atoms with Gasteiger partial charge in [-0.05, 0) is 49.8 Å². The molecule has 2 fully saturated rings. The van der Waals surface area contributed by atoms with Gasteiger partial charge in [-0.2, -0.15) is 0 Å². The first-order chi connectivity index (χ1) is 13.4. The van der Waals surface area contributed by atoms with E-state index in [1.807, 2.05) is 18.2 Å². The minimum Gasteiger partial charge on any atom is -0.371 e. The number of urea groups is 1. The number of rotatable bonds is 4. The fourth-order valence-electron chi connectivity index (χ4n) is 4.07. The van der Waals surface area contributed by atoms with Crippen molar-refractivity contribution >= 4 is 23.3 Å². The Kier molecular flexibility index (Phi) is 6.81. The summed E-state index contributed by atoms with van der Waals surface area (Å²) in [6.45, 7) is 4.22. The summed E-state index contributed by atoms with van der Waals surface area (Å²) in [6.07, 6.45) is 8.02. The zero-order valence-electron chi connectivity index (χ0n) is 17.5. The van der Waals surface area contributed by atoms with Crippen LogP contribution in [0, 0.1) is 5.92 Å². The third-order valence-corrected chi connectivity index (χ3v) is 5.96. The van der Waals surface area contributed by atoms with Crippen LogP contribution < -0.4 is 15.5 Å². The van der Waals surface area contributed by atoms with Gasteiger partial charge in [0, 0.05) is 44.6 Å². The predicted octanol–water partition coefficient (Wildman–Crippen LogP) is 4.08. The minimum absolute atomic E-state index is 0.0264. The van der Waals surface area contributed by atoms with Gasteiger partial charge in [0.25, 0.3) is 5.91 Å². The Hall–Kier alpha value is -2.24. The van der Waals surface area contributed by atoms with Gasteiger partial charge in [-0.25, -0.2) is 4.79 Å². The van der Waals surface area contributed by atoms with Gasteiger partial charge in [0.15, 0.2) is 0 Å². The number of hydrogen-bond acceptors (Lipinski definition) is 3. The van der Waals surface area contributed by atoms with E-state index in [0.717, 1.165) is 50.4 Å². The Bertz CT molecular complexity index is 690. The van der Waals surface area contributed by atoms with Crippen molar-refractivity contribution in [2.45, 2.75) is 57.9 Å². The minimum atomic E-state index is -0.196. The molecule has 1 heterocycles. The molecule has 28 heavy (non-hydrogen) atoms. The van der Waals surface area contributed by atoms with Crippen LogP contribution in [0.25, 0.3) is 0 Å². The summed E-state index contributed by atoms with van der Waals surface area (Å²) in [7, 11) is 3.41. The Labute approximate surface area is 168 Å². The van der Waals surface area contributed by atoms with Crippen molar-refractivity contribution in [3.05, 3.63) is 23.8 Å². The summed E-state index contributed by atoms with van der Waals surface area (Å²) in [5.74, 6) is 0.705. The largest absolute Gasteiger partial charge is 0.371 e. The Morgan fingerprint density at radius 1 is 1.04 bits per heavy atom. The highest BCUT2D eigenvalue weighted by atomic mass is 16.2. The molecule has 0 aromatic heterocycles.